The molecule has 2 N–H and O–H groups in total. The molecule has 1 fully saturated rings. The number of likely N-dealkylation sites (N-methyl/N-ethyl adjacent to an activating group) is 2. The first-order valence-electron chi connectivity index (χ1n) is 12.4. The summed E-state index contributed by atoms with van der Waals surface area (Å²) in [5.74, 6) is 0.00121. The highest BCUT2D eigenvalue weighted by Crippen LogP contribution is 2.28. The predicted octanol–water partition coefficient (Wildman–Crippen LogP) is 1.79. The minimum atomic E-state index is -0.387. The zero-order valence-electron chi connectivity index (χ0n) is 21.7. The summed E-state index contributed by atoms with van der Waals surface area (Å²) >= 11 is 7.33. The topological polar surface area (TPSA) is 111 Å². The molecule has 2 aliphatic rings. The van der Waals surface area contributed by atoms with Crippen molar-refractivity contribution in [3.63, 3.8) is 0 Å². The third-order valence-corrected chi connectivity index (χ3v) is 8.21. The van der Waals surface area contributed by atoms with Gasteiger partial charge < -0.3 is 25.3 Å². The normalized spacial score (nSPS) is 21.6. The van der Waals surface area contributed by atoms with E-state index in [-0.39, 0.29) is 42.3 Å². The number of pyridine rings is 1. The highest BCUT2D eigenvalue weighted by Gasteiger charge is 2.37. The molecular weight excluding hydrogens is 514 g/mol. The molecule has 200 valence electrons. The van der Waals surface area contributed by atoms with Crippen LogP contribution in [0.4, 0.5) is 5.82 Å². The van der Waals surface area contributed by atoms with E-state index in [1.54, 1.807) is 43.1 Å². The van der Waals surface area contributed by atoms with E-state index in [2.05, 4.69) is 32.5 Å². The Labute approximate surface area is 226 Å². The van der Waals surface area contributed by atoms with Gasteiger partial charge in [0.15, 0.2) is 5.01 Å². The molecule has 2 aromatic heterocycles. The summed E-state index contributed by atoms with van der Waals surface area (Å²) in [6, 6.07) is 2.79. The Morgan fingerprint density at radius 2 is 1.95 bits per heavy atom. The second-order valence-electron chi connectivity index (χ2n) is 10.1. The first-order valence-corrected chi connectivity index (χ1v) is 13.6. The van der Waals surface area contributed by atoms with E-state index in [0.717, 1.165) is 30.1 Å². The number of nitrogens with one attached hydrogen (secondary N) is 2. The summed E-state index contributed by atoms with van der Waals surface area (Å²) < 4.78 is 0. The van der Waals surface area contributed by atoms with Gasteiger partial charge in [-0.05, 0) is 38.4 Å². The van der Waals surface area contributed by atoms with Crippen LogP contribution in [-0.4, -0.2) is 90.9 Å². The lowest BCUT2D eigenvalue weighted by Crippen LogP contribution is -2.57. The highest BCUT2D eigenvalue weighted by molar-refractivity contribution is 7.13. The average molecular weight is 548 g/mol. The third-order valence-electron chi connectivity index (χ3n) is 6.90. The molecule has 1 saturated carbocycles. The van der Waals surface area contributed by atoms with Crippen LogP contribution < -0.4 is 15.5 Å². The van der Waals surface area contributed by atoms with Crippen molar-refractivity contribution in [3.8, 4) is 0 Å². The number of amides is 3. The molecule has 0 saturated heterocycles. The van der Waals surface area contributed by atoms with Crippen molar-refractivity contribution >= 4 is 46.5 Å². The lowest BCUT2D eigenvalue weighted by atomic mass is 9.81. The van der Waals surface area contributed by atoms with Gasteiger partial charge in [-0.25, -0.2) is 9.97 Å². The van der Waals surface area contributed by atoms with Crippen LogP contribution in [0.15, 0.2) is 18.3 Å². The minimum Gasteiger partial charge on any atom is -0.350 e. The van der Waals surface area contributed by atoms with Crippen molar-refractivity contribution in [1.82, 2.24) is 30.4 Å². The monoisotopic (exact) mass is 547 g/mol. The SMILES string of the molecule is CN1CCc2nc(C(=O)N[C@@H]3C[C@@H](C(=O)N(C)C)CC[C@@H]3NC(=O)CN(C)c3ccc(Cl)cn3)sc2C1. The van der Waals surface area contributed by atoms with Gasteiger partial charge in [-0.3, -0.25) is 14.4 Å². The van der Waals surface area contributed by atoms with Gasteiger partial charge in [0.1, 0.15) is 5.82 Å². The van der Waals surface area contributed by atoms with Crippen LogP contribution in [-0.2, 0) is 22.6 Å². The second-order valence-corrected chi connectivity index (χ2v) is 11.6. The zero-order valence-corrected chi connectivity index (χ0v) is 23.2. The van der Waals surface area contributed by atoms with Gasteiger partial charge in [0.2, 0.25) is 11.8 Å². The fourth-order valence-corrected chi connectivity index (χ4v) is 6.09. The summed E-state index contributed by atoms with van der Waals surface area (Å²) in [5.41, 5.74) is 0.987. The molecule has 12 heteroatoms. The number of rotatable bonds is 7. The van der Waals surface area contributed by atoms with Gasteiger partial charge in [0.25, 0.3) is 5.91 Å². The first-order chi connectivity index (χ1) is 17.6. The number of anilines is 1. The Kier molecular flexibility index (Phi) is 8.66. The van der Waals surface area contributed by atoms with Crippen LogP contribution in [0.1, 0.15) is 39.6 Å². The van der Waals surface area contributed by atoms with Crippen LogP contribution in [0.5, 0.6) is 0 Å². The van der Waals surface area contributed by atoms with Gasteiger partial charge in [0, 0.05) is 63.7 Å². The van der Waals surface area contributed by atoms with E-state index in [0.29, 0.717) is 35.1 Å². The molecule has 3 atom stereocenters. The Morgan fingerprint density at radius 1 is 1.16 bits per heavy atom. The van der Waals surface area contributed by atoms with E-state index in [1.165, 1.54) is 17.5 Å². The van der Waals surface area contributed by atoms with Crippen molar-refractivity contribution in [1.29, 1.82) is 0 Å². The Hall–Kier alpha value is -2.76. The van der Waals surface area contributed by atoms with Gasteiger partial charge in [-0.1, -0.05) is 11.6 Å². The lowest BCUT2D eigenvalue weighted by molar-refractivity contribution is -0.134. The third kappa shape index (κ3) is 6.77. The summed E-state index contributed by atoms with van der Waals surface area (Å²) in [6.07, 6.45) is 4.04. The largest absolute Gasteiger partial charge is 0.350 e. The number of aromatic nitrogens is 2. The summed E-state index contributed by atoms with van der Waals surface area (Å²) in [6.45, 7) is 1.80. The zero-order chi connectivity index (χ0) is 26.7. The predicted molar refractivity (Wildman–Crippen MR) is 144 cm³/mol. The van der Waals surface area contributed by atoms with E-state index in [1.807, 2.05) is 0 Å². The molecule has 37 heavy (non-hydrogen) atoms. The molecule has 0 unspecified atom stereocenters. The Balaban J connectivity index is 1.44. The lowest BCUT2D eigenvalue weighted by Gasteiger charge is -2.37. The number of fused-ring (bicyclic) bond motifs is 1. The Morgan fingerprint density at radius 3 is 2.65 bits per heavy atom. The van der Waals surface area contributed by atoms with Crippen molar-refractivity contribution in [2.24, 2.45) is 5.92 Å². The molecule has 0 spiro atoms. The standard InChI is InChI=1S/C25H34ClN7O3S/c1-31(2)25(36)15-5-7-17(28-22(34)14-33(4)21-8-6-16(26)12-27-21)19(11-15)29-23(35)24-30-18-9-10-32(3)13-20(18)37-24/h6,8,12,15,17,19H,5,7,9-11,13-14H2,1-4H3,(H,28,34)(H,29,35)/t15-,17-,19+/m0/s1. The number of hydrogen-bond acceptors (Lipinski definition) is 8. The number of nitrogens with zero attached hydrogens (tertiary/aromatic N) is 5. The van der Waals surface area contributed by atoms with Gasteiger partial charge >= 0.3 is 0 Å². The number of carbonyl (C=O) groups is 3. The molecule has 2 aromatic rings. The molecule has 10 nitrogen and oxygen atoms in total. The maximum Gasteiger partial charge on any atom is 0.280 e. The minimum absolute atomic E-state index is 0.0327. The number of hydrogen-bond donors (Lipinski definition) is 2. The molecule has 0 radical (unpaired) electrons. The molecular formula is C25H34ClN7O3S. The van der Waals surface area contributed by atoms with Crippen molar-refractivity contribution in [3.05, 3.63) is 38.9 Å². The maximum atomic E-state index is 13.2. The average Bonchev–Trinajstić information content (AvgIpc) is 3.28. The number of carbonyl (C=O) groups excluding carboxylic acids is 3. The van der Waals surface area contributed by atoms with Crippen LogP contribution in [0.3, 0.4) is 0 Å². The van der Waals surface area contributed by atoms with Gasteiger partial charge in [-0.2, -0.15) is 0 Å². The van der Waals surface area contributed by atoms with Crippen LogP contribution in [0.25, 0.3) is 0 Å². The second kappa shape index (κ2) is 11.7. The van der Waals surface area contributed by atoms with Crippen LogP contribution >= 0.6 is 22.9 Å². The number of halogens is 1. The van der Waals surface area contributed by atoms with Crippen LogP contribution in [0.2, 0.25) is 5.02 Å². The molecule has 4 rings (SSSR count). The van der Waals surface area contributed by atoms with Crippen molar-refractivity contribution in [2.75, 3.05) is 46.2 Å². The first kappa shape index (κ1) is 27.3. The summed E-state index contributed by atoms with van der Waals surface area (Å²) in [7, 11) is 7.31. The van der Waals surface area contributed by atoms with Gasteiger partial charge in [0.05, 0.1) is 23.3 Å². The van der Waals surface area contributed by atoms with Crippen LogP contribution in [0, 0.1) is 5.92 Å². The molecule has 1 aliphatic carbocycles. The smallest absolute Gasteiger partial charge is 0.280 e. The van der Waals surface area contributed by atoms with E-state index < -0.39 is 0 Å². The fraction of sp³-hybridized carbons (Fsp3) is 0.560. The highest BCUT2D eigenvalue weighted by atomic mass is 35.5. The molecule has 3 heterocycles. The fourth-order valence-electron chi connectivity index (χ4n) is 4.89. The molecule has 1 aliphatic heterocycles. The van der Waals surface area contributed by atoms with Gasteiger partial charge in [-0.15, -0.1) is 11.3 Å². The summed E-state index contributed by atoms with van der Waals surface area (Å²) in [4.78, 5) is 54.4. The number of thiazole rings is 1. The molecule has 3 amide bonds. The Bertz CT molecular complexity index is 1140. The summed E-state index contributed by atoms with van der Waals surface area (Å²) in [5, 5.41) is 7.13. The van der Waals surface area contributed by atoms with E-state index in [4.69, 9.17) is 11.6 Å². The van der Waals surface area contributed by atoms with Crippen molar-refractivity contribution < 1.29 is 14.4 Å². The van der Waals surface area contributed by atoms with E-state index in [9.17, 15) is 14.4 Å². The quantitative estimate of drug-likeness (QED) is 0.543. The maximum absolute atomic E-state index is 13.2. The van der Waals surface area contributed by atoms with Crippen molar-refractivity contribution in [2.45, 2.75) is 44.3 Å². The molecule has 0 aromatic carbocycles. The molecule has 0 bridgehead atoms. The van der Waals surface area contributed by atoms with E-state index >= 15 is 0 Å².